The molecule has 2 fully saturated rings. The Bertz CT molecular complexity index is 646. The summed E-state index contributed by atoms with van der Waals surface area (Å²) in [5.74, 6) is 0.387. The van der Waals surface area contributed by atoms with Crippen molar-refractivity contribution in [1.82, 2.24) is 4.90 Å². The van der Waals surface area contributed by atoms with E-state index in [-0.39, 0.29) is 30.3 Å². The molecule has 0 radical (unpaired) electrons. The van der Waals surface area contributed by atoms with Crippen molar-refractivity contribution in [3.8, 4) is 5.75 Å². The van der Waals surface area contributed by atoms with Crippen molar-refractivity contribution >= 4 is 17.5 Å². The van der Waals surface area contributed by atoms with Crippen LogP contribution in [0.25, 0.3) is 0 Å². The average Bonchev–Trinajstić information content (AvgIpc) is 3.20. The van der Waals surface area contributed by atoms with E-state index in [4.69, 9.17) is 9.47 Å². The second-order valence-corrected chi connectivity index (χ2v) is 6.51. The number of carbonyl (C=O) groups is 2. The minimum Gasteiger partial charge on any atom is -0.495 e. The SMILES string of the molecule is COc1ccc(C)cc1N1CC(C(=O)N2CCC(OC)C2)CC1=O. The van der Waals surface area contributed by atoms with Crippen molar-refractivity contribution in [3.05, 3.63) is 23.8 Å². The van der Waals surface area contributed by atoms with Crippen molar-refractivity contribution in [2.45, 2.75) is 25.9 Å². The number of rotatable bonds is 4. The molecule has 6 nitrogen and oxygen atoms in total. The Balaban J connectivity index is 1.74. The van der Waals surface area contributed by atoms with Crippen LogP contribution in [0.1, 0.15) is 18.4 Å². The van der Waals surface area contributed by atoms with Crippen LogP contribution in [0.15, 0.2) is 18.2 Å². The highest BCUT2D eigenvalue weighted by atomic mass is 16.5. The zero-order chi connectivity index (χ0) is 17.3. The largest absolute Gasteiger partial charge is 0.495 e. The molecule has 2 amide bonds. The Morgan fingerprint density at radius 2 is 2.04 bits per heavy atom. The van der Waals surface area contributed by atoms with Crippen LogP contribution < -0.4 is 9.64 Å². The average molecular weight is 332 g/mol. The van der Waals surface area contributed by atoms with Crippen molar-refractivity contribution in [1.29, 1.82) is 0 Å². The first-order valence-corrected chi connectivity index (χ1v) is 8.30. The predicted molar refractivity (Wildman–Crippen MR) is 90.2 cm³/mol. The Morgan fingerprint density at radius 1 is 1.25 bits per heavy atom. The fourth-order valence-electron chi connectivity index (χ4n) is 3.50. The van der Waals surface area contributed by atoms with E-state index in [0.717, 1.165) is 17.7 Å². The second kappa shape index (κ2) is 6.81. The Hall–Kier alpha value is -2.08. The number of anilines is 1. The molecule has 3 rings (SSSR count). The van der Waals surface area contributed by atoms with Crippen molar-refractivity contribution in [3.63, 3.8) is 0 Å². The molecule has 2 aliphatic heterocycles. The molecule has 0 bridgehead atoms. The van der Waals surface area contributed by atoms with E-state index < -0.39 is 0 Å². The molecule has 24 heavy (non-hydrogen) atoms. The van der Waals surface area contributed by atoms with Gasteiger partial charge in [0.2, 0.25) is 11.8 Å². The minimum absolute atomic E-state index is 0.0280. The summed E-state index contributed by atoms with van der Waals surface area (Å²) < 4.78 is 10.7. The molecule has 0 aromatic heterocycles. The fourth-order valence-corrected chi connectivity index (χ4v) is 3.50. The van der Waals surface area contributed by atoms with Crippen molar-refractivity contribution in [2.24, 2.45) is 5.92 Å². The fraction of sp³-hybridized carbons (Fsp3) is 0.556. The van der Waals surface area contributed by atoms with Gasteiger partial charge in [0.05, 0.1) is 24.8 Å². The number of hydrogen-bond donors (Lipinski definition) is 0. The molecule has 0 saturated carbocycles. The number of hydrogen-bond acceptors (Lipinski definition) is 4. The monoisotopic (exact) mass is 332 g/mol. The predicted octanol–water partition coefficient (Wildman–Crippen LogP) is 1.60. The highest BCUT2D eigenvalue weighted by Crippen LogP contribution is 2.34. The van der Waals surface area contributed by atoms with Crippen LogP contribution in [-0.2, 0) is 14.3 Å². The third-order valence-corrected chi connectivity index (χ3v) is 4.89. The zero-order valence-electron chi connectivity index (χ0n) is 14.4. The summed E-state index contributed by atoms with van der Waals surface area (Å²) in [5.41, 5.74) is 1.80. The summed E-state index contributed by atoms with van der Waals surface area (Å²) in [6.07, 6.45) is 1.22. The van der Waals surface area contributed by atoms with E-state index in [9.17, 15) is 9.59 Å². The van der Waals surface area contributed by atoms with Gasteiger partial charge in [0.1, 0.15) is 5.75 Å². The molecular formula is C18H24N2O4. The summed E-state index contributed by atoms with van der Waals surface area (Å²) >= 11 is 0. The van der Waals surface area contributed by atoms with Crippen LogP contribution >= 0.6 is 0 Å². The Labute approximate surface area is 142 Å². The van der Waals surface area contributed by atoms with Gasteiger partial charge >= 0.3 is 0 Å². The number of nitrogens with zero attached hydrogens (tertiary/aromatic N) is 2. The zero-order valence-corrected chi connectivity index (χ0v) is 14.4. The lowest BCUT2D eigenvalue weighted by Gasteiger charge is -2.22. The molecule has 1 aromatic carbocycles. The minimum atomic E-state index is -0.293. The summed E-state index contributed by atoms with van der Waals surface area (Å²) in [5, 5.41) is 0. The normalized spacial score (nSPS) is 23.9. The first-order valence-electron chi connectivity index (χ1n) is 8.30. The number of benzene rings is 1. The van der Waals surface area contributed by atoms with Gasteiger partial charge in [-0.1, -0.05) is 6.07 Å². The van der Waals surface area contributed by atoms with Crippen LogP contribution in [0.3, 0.4) is 0 Å². The Kier molecular flexibility index (Phi) is 4.76. The van der Waals surface area contributed by atoms with E-state index >= 15 is 0 Å². The van der Waals surface area contributed by atoms with Gasteiger partial charge in [-0.2, -0.15) is 0 Å². The van der Waals surface area contributed by atoms with E-state index in [2.05, 4.69) is 0 Å². The van der Waals surface area contributed by atoms with Crippen molar-refractivity contribution in [2.75, 3.05) is 38.8 Å². The summed E-state index contributed by atoms with van der Waals surface area (Å²) in [4.78, 5) is 28.7. The summed E-state index contributed by atoms with van der Waals surface area (Å²) in [6, 6.07) is 5.73. The third-order valence-electron chi connectivity index (χ3n) is 4.89. The van der Waals surface area contributed by atoms with Crippen LogP contribution in [0, 0.1) is 12.8 Å². The molecule has 6 heteroatoms. The number of carbonyl (C=O) groups excluding carboxylic acids is 2. The maximum Gasteiger partial charge on any atom is 0.228 e. The molecule has 0 N–H and O–H groups in total. The van der Waals surface area contributed by atoms with Gasteiger partial charge in [-0.25, -0.2) is 0 Å². The first kappa shape index (κ1) is 16.8. The highest BCUT2D eigenvalue weighted by Gasteiger charge is 2.39. The number of aryl methyl sites for hydroxylation is 1. The summed E-state index contributed by atoms with van der Waals surface area (Å²) in [6.45, 7) is 3.70. The number of ether oxygens (including phenoxy) is 2. The lowest BCUT2D eigenvalue weighted by Crippen LogP contribution is -2.36. The third kappa shape index (κ3) is 3.11. The van der Waals surface area contributed by atoms with E-state index in [1.807, 2.05) is 30.0 Å². The first-order chi connectivity index (χ1) is 11.5. The van der Waals surface area contributed by atoms with E-state index in [0.29, 0.717) is 25.4 Å². The van der Waals surface area contributed by atoms with E-state index in [1.54, 1.807) is 19.1 Å². The standard InChI is InChI=1S/C18H24N2O4/c1-12-4-5-16(24-3)15(8-12)20-10-13(9-17(20)21)18(22)19-7-6-14(11-19)23-2/h4-5,8,13-14H,6-7,9-11H2,1-3H3. The van der Waals surface area contributed by atoms with Gasteiger partial charge in [-0.05, 0) is 31.0 Å². The van der Waals surface area contributed by atoms with Crippen LogP contribution in [0.5, 0.6) is 5.75 Å². The topological polar surface area (TPSA) is 59.1 Å². The lowest BCUT2D eigenvalue weighted by molar-refractivity contribution is -0.135. The van der Waals surface area contributed by atoms with Crippen LogP contribution in [0.2, 0.25) is 0 Å². The van der Waals surface area contributed by atoms with Gasteiger partial charge in [0.15, 0.2) is 0 Å². The van der Waals surface area contributed by atoms with Gasteiger partial charge in [0.25, 0.3) is 0 Å². The molecular weight excluding hydrogens is 308 g/mol. The molecule has 2 aliphatic rings. The quantitative estimate of drug-likeness (QED) is 0.840. The maximum absolute atomic E-state index is 12.7. The highest BCUT2D eigenvalue weighted by molar-refractivity contribution is 6.01. The summed E-state index contributed by atoms with van der Waals surface area (Å²) in [7, 11) is 3.26. The van der Waals surface area contributed by atoms with Crippen LogP contribution in [0.4, 0.5) is 5.69 Å². The van der Waals surface area contributed by atoms with Crippen molar-refractivity contribution < 1.29 is 19.1 Å². The molecule has 2 atom stereocenters. The Morgan fingerprint density at radius 3 is 2.71 bits per heavy atom. The molecule has 2 saturated heterocycles. The molecule has 0 aliphatic carbocycles. The smallest absolute Gasteiger partial charge is 0.228 e. The van der Waals surface area contributed by atoms with Crippen LogP contribution in [-0.4, -0.2) is 56.7 Å². The van der Waals surface area contributed by atoms with E-state index in [1.165, 1.54) is 0 Å². The van der Waals surface area contributed by atoms with Gasteiger partial charge < -0.3 is 19.3 Å². The van der Waals surface area contributed by atoms with Gasteiger partial charge in [-0.15, -0.1) is 0 Å². The molecule has 1 aromatic rings. The van der Waals surface area contributed by atoms with Gasteiger partial charge in [0, 0.05) is 33.2 Å². The molecule has 2 heterocycles. The lowest BCUT2D eigenvalue weighted by atomic mass is 10.1. The maximum atomic E-state index is 12.7. The number of methoxy groups -OCH3 is 2. The molecule has 130 valence electrons. The number of amides is 2. The van der Waals surface area contributed by atoms with Gasteiger partial charge in [-0.3, -0.25) is 9.59 Å². The number of likely N-dealkylation sites (tertiary alicyclic amines) is 1. The molecule has 2 unspecified atom stereocenters. The second-order valence-electron chi connectivity index (χ2n) is 6.51. The molecule has 0 spiro atoms.